The Labute approximate surface area is 166 Å². The quantitative estimate of drug-likeness (QED) is 0.251. The average molecular weight is 394 g/mol. The number of benzene rings is 2. The van der Waals surface area contributed by atoms with Gasteiger partial charge in [-0.25, -0.2) is 9.79 Å². The lowest BCUT2D eigenvalue weighted by Crippen LogP contribution is -2.14. The summed E-state index contributed by atoms with van der Waals surface area (Å²) in [4.78, 5) is 38.6. The van der Waals surface area contributed by atoms with Gasteiger partial charge in [0.15, 0.2) is 5.70 Å². The van der Waals surface area contributed by atoms with Crippen molar-refractivity contribution in [1.29, 1.82) is 0 Å². The highest BCUT2D eigenvalue weighted by Crippen LogP contribution is 2.26. The Hall–Kier alpha value is -3.81. The van der Waals surface area contributed by atoms with E-state index in [2.05, 4.69) is 4.99 Å². The Morgan fingerprint density at radius 3 is 2.52 bits per heavy atom. The molecule has 1 aliphatic rings. The first kappa shape index (κ1) is 19.9. The van der Waals surface area contributed by atoms with Crippen LogP contribution >= 0.6 is 0 Å². The molecule has 148 valence electrons. The Bertz CT molecular complexity index is 1050. The minimum atomic E-state index is -0.652. The molecule has 0 bridgehead atoms. The molecule has 0 N–H and O–H groups in total. The zero-order valence-electron chi connectivity index (χ0n) is 16.0. The molecule has 0 saturated heterocycles. The van der Waals surface area contributed by atoms with E-state index >= 15 is 0 Å². The maximum absolute atomic E-state index is 12.2. The Morgan fingerprint density at radius 2 is 1.90 bits per heavy atom. The number of rotatable bonds is 5. The fraction of sp³-hybridized carbons (Fsp3) is 0.190. The molecule has 0 aliphatic carbocycles. The fourth-order valence-electron chi connectivity index (χ4n) is 2.60. The van der Waals surface area contributed by atoms with Crippen LogP contribution in [0.3, 0.4) is 0 Å². The second-order valence-corrected chi connectivity index (χ2v) is 6.69. The molecule has 0 unspecified atom stereocenters. The molecular weight excluding hydrogens is 376 g/mol. The second-order valence-electron chi connectivity index (χ2n) is 6.69. The fourth-order valence-corrected chi connectivity index (χ4v) is 2.60. The molecule has 3 rings (SSSR count). The highest BCUT2D eigenvalue weighted by atomic mass is 16.6. The summed E-state index contributed by atoms with van der Waals surface area (Å²) in [7, 11) is 0. The summed E-state index contributed by atoms with van der Waals surface area (Å²) in [6.45, 7) is 5.06. The van der Waals surface area contributed by atoms with Gasteiger partial charge in [-0.1, -0.05) is 32.0 Å². The van der Waals surface area contributed by atoms with Gasteiger partial charge in [-0.3, -0.25) is 14.9 Å². The lowest BCUT2D eigenvalue weighted by atomic mass is 10.1. The predicted molar refractivity (Wildman–Crippen MR) is 105 cm³/mol. The molecule has 1 heterocycles. The van der Waals surface area contributed by atoms with Gasteiger partial charge in [0.1, 0.15) is 5.75 Å². The second kappa shape index (κ2) is 8.05. The molecule has 0 saturated carbocycles. The van der Waals surface area contributed by atoms with Crippen molar-refractivity contribution in [3.8, 4) is 5.75 Å². The third kappa shape index (κ3) is 4.37. The predicted octanol–water partition coefficient (Wildman–Crippen LogP) is 3.81. The van der Waals surface area contributed by atoms with Gasteiger partial charge in [0, 0.05) is 17.2 Å². The van der Waals surface area contributed by atoms with Gasteiger partial charge < -0.3 is 9.47 Å². The minimum Gasteiger partial charge on any atom is -0.426 e. The molecule has 8 heteroatoms. The number of aliphatic imine (C=N–C) groups is 1. The van der Waals surface area contributed by atoms with E-state index in [0.717, 1.165) is 0 Å². The van der Waals surface area contributed by atoms with Gasteiger partial charge in [-0.15, -0.1) is 0 Å². The average Bonchev–Trinajstić information content (AvgIpc) is 3.03. The maximum atomic E-state index is 12.2. The van der Waals surface area contributed by atoms with Crippen molar-refractivity contribution < 1.29 is 24.0 Å². The van der Waals surface area contributed by atoms with Crippen molar-refractivity contribution in [1.82, 2.24) is 0 Å². The molecule has 0 atom stereocenters. The van der Waals surface area contributed by atoms with Crippen LogP contribution in [0.15, 0.2) is 53.2 Å². The summed E-state index contributed by atoms with van der Waals surface area (Å²) >= 11 is 0. The molecule has 29 heavy (non-hydrogen) atoms. The number of nitrogens with zero attached hydrogens (tertiary/aromatic N) is 2. The van der Waals surface area contributed by atoms with Crippen molar-refractivity contribution in [2.75, 3.05) is 0 Å². The van der Waals surface area contributed by atoms with Crippen LogP contribution in [0.2, 0.25) is 0 Å². The maximum Gasteiger partial charge on any atom is 0.363 e. The lowest BCUT2D eigenvalue weighted by molar-refractivity contribution is -0.385. The topological polar surface area (TPSA) is 108 Å². The van der Waals surface area contributed by atoms with Crippen molar-refractivity contribution in [3.05, 3.63) is 75.0 Å². The number of nitro groups is 1. The summed E-state index contributed by atoms with van der Waals surface area (Å²) in [6.07, 6.45) is 1.52. The molecule has 0 spiro atoms. The zero-order valence-corrected chi connectivity index (χ0v) is 16.0. The Morgan fingerprint density at radius 1 is 1.21 bits per heavy atom. The van der Waals surface area contributed by atoms with Gasteiger partial charge in [0.2, 0.25) is 5.90 Å². The van der Waals surface area contributed by atoms with Gasteiger partial charge in [0.05, 0.1) is 10.8 Å². The van der Waals surface area contributed by atoms with Crippen LogP contribution in [0, 0.1) is 23.0 Å². The molecule has 0 radical (unpaired) electrons. The largest absolute Gasteiger partial charge is 0.426 e. The normalized spacial score (nSPS) is 14.7. The third-order valence-electron chi connectivity index (χ3n) is 4.23. The van der Waals surface area contributed by atoms with Crippen LogP contribution in [0.5, 0.6) is 5.75 Å². The first-order valence-corrected chi connectivity index (χ1v) is 8.85. The first-order chi connectivity index (χ1) is 13.8. The SMILES string of the molecule is Cc1c(C2=N/C(=C\c3ccc(OC(=O)C(C)C)cc3)C(=O)O2)cccc1[N+](=O)[O-]. The zero-order chi connectivity index (χ0) is 21.1. The van der Waals surface area contributed by atoms with E-state index in [0.29, 0.717) is 22.4 Å². The molecular formula is C21H18N2O6. The van der Waals surface area contributed by atoms with E-state index in [1.54, 1.807) is 51.1 Å². The number of esters is 2. The van der Waals surface area contributed by atoms with Crippen LogP contribution in [-0.4, -0.2) is 22.8 Å². The van der Waals surface area contributed by atoms with E-state index < -0.39 is 10.9 Å². The molecule has 8 nitrogen and oxygen atoms in total. The lowest BCUT2D eigenvalue weighted by Gasteiger charge is -2.06. The highest BCUT2D eigenvalue weighted by molar-refractivity contribution is 6.13. The Kier molecular flexibility index (Phi) is 5.54. The molecule has 0 aromatic heterocycles. The van der Waals surface area contributed by atoms with Crippen LogP contribution < -0.4 is 4.74 Å². The van der Waals surface area contributed by atoms with E-state index in [4.69, 9.17) is 9.47 Å². The van der Waals surface area contributed by atoms with Crippen molar-refractivity contribution in [2.24, 2.45) is 10.9 Å². The van der Waals surface area contributed by atoms with Gasteiger partial charge in [0.25, 0.3) is 5.69 Å². The van der Waals surface area contributed by atoms with Crippen LogP contribution in [0.4, 0.5) is 5.69 Å². The van der Waals surface area contributed by atoms with Gasteiger partial charge >= 0.3 is 11.9 Å². The van der Waals surface area contributed by atoms with E-state index in [-0.39, 0.29) is 29.2 Å². The van der Waals surface area contributed by atoms with E-state index in [9.17, 15) is 19.7 Å². The number of carbonyl (C=O) groups excluding carboxylic acids is 2. The van der Waals surface area contributed by atoms with Gasteiger partial charge in [-0.2, -0.15) is 0 Å². The smallest absolute Gasteiger partial charge is 0.363 e. The summed E-state index contributed by atoms with van der Waals surface area (Å²) < 4.78 is 10.4. The van der Waals surface area contributed by atoms with Crippen molar-refractivity contribution >= 4 is 29.6 Å². The number of cyclic esters (lactones) is 1. The number of ether oxygens (including phenoxy) is 2. The standard InChI is InChI=1S/C21H18N2O6/c1-12(2)20(24)28-15-9-7-14(8-10-15)11-17-21(25)29-19(22-17)16-5-4-6-18(13(16)3)23(26)27/h4-12H,1-3H3/b17-11-. The van der Waals surface area contributed by atoms with Crippen molar-refractivity contribution in [2.45, 2.75) is 20.8 Å². The minimum absolute atomic E-state index is 0.0185. The van der Waals surface area contributed by atoms with E-state index in [1.165, 1.54) is 18.2 Å². The number of carbonyl (C=O) groups is 2. The van der Waals surface area contributed by atoms with Crippen LogP contribution in [0.25, 0.3) is 6.08 Å². The molecule has 0 amide bonds. The monoisotopic (exact) mass is 394 g/mol. The highest BCUT2D eigenvalue weighted by Gasteiger charge is 2.27. The molecule has 2 aromatic carbocycles. The summed E-state index contributed by atoms with van der Waals surface area (Å²) in [5.41, 5.74) is 1.39. The molecule has 2 aromatic rings. The number of hydrogen-bond acceptors (Lipinski definition) is 7. The van der Waals surface area contributed by atoms with Crippen LogP contribution in [0.1, 0.15) is 30.5 Å². The first-order valence-electron chi connectivity index (χ1n) is 8.85. The van der Waals surface area contributed by atoms with Crippen molar-refractivity contribution in [3.63, 3.8) is 0 Å². The molecule has 0 fully saturated rings. The van der Waals surface area contributed by atoms with Gasteiger partial charge in [-0.05, 0) is 36.8 Å². The number of hydrogen-bond donors (Lipinski definition) is 0. The van der Waals surface area contributed by atoms with Crippen LogP contribution in [-0.2, 0) is 14.3 Å². The number of nitro benzene ring substituents is 1. The summed E-state index contributed by atoms with van der Waals surface area (Å²) in [5, 5.41) is 11.1. The summed E-state index contributed by atoms with van der Waals surface area (Å²) in [5.74, 6) is -0.811. The third-order valence-corrected chi connectivity index (χ3v) is 4.23. The van der Waals surface area contributed by atoms with E-state index in [1.807, 2.05) is 0 Å². The summed E-state index contributed by atoms with van der Waals surface area (Å²) in [6, 6.07) is 11.1. The molecule has 1 aliphatic heterocycles. The Balaban J connectivity index is 1.85.